The number of carboxylic acids is 1. The van der Waals surface area contributed by atoms with Crippen molar-refractivity contribution in [2.45, 2.75) is 63.7 Å². The first-order valence-corrected chi connectivity index (χ1v) is 13.6. The number of aliphatic carboxylic acids is 1. The van der Waals surface area contributed by atoms with Crippen molar-refractivity contribution in [1.82, 2.24) is 4.98 Å². The average molecular weight is 517 g/mol. The van der Waals surface area contributed by atoms with Crippen LogP contribution in [0.15, 0.2) is 60.9 Å². The van der Waals surface area contributed by atoms with E-state index >= 15 is 0 Å². The Morgan fingerprint density at radius 2 is 1.73 bits per heavy atom. The second kappa shape index (κ2) is 11.1. The zero-order chi connectivity index (χ0) is 25.9. The molecule has 0 bridgehead atoms. The number of nitrogens with zero attached hydrogens (tertiary/aromatic N) is 1. The van der Waals surface area contributed by atoms with Gasteiger partial charge in [0.25, 0.3) is 0 Å². The van der Waals surface area contributed by atoms with Crippen LogP contribution in [0.4, 0.5) is 5.69 Å². The van der Waals surface area contributed by atoms with Crippen molar-refractivity contribution in [2.75, 3.05) is 5.32 Å². The molecule has 0 radical (unpaired) electrons. The minimum absolute atomic E-state index is 0.00512. The highest BCUT2D eigenvalue weighted by atomic mass is 35.5. The summed E-state index contributed by atoms with van der Waals surface area (Å²) in [6, 6.07) is 16.0. The van der Waals surface area contributed by atoms with E-state index in [0.717, 1.165) is 72.0 Å². The fourth-order valence-corrected chi connectivity index (χ4v) is 6.17. The van der Waals surface area contributed by atoms with Gasteiger partial charge in [0.1, 0.15) is 0 Å². The van der Waals surface area contributed by atoms with Crippen LogP contribution in [0.25, 0.3) is 11.1 Å². The Kier molecular flexibility index (Phi) is 7.61. The quantitative estimate of drug-likeness (QED) is 0.307. The fourth-order valence-electron chi connectivity index (χ4n) is 6.00. The molecule has 1 heterocycles. The van der Waals surface area contributed by atoms with Gasteiger partial charge in [0.05, 0.1) is 17.4 Å². The Hall–Kier alpha value is -3.18. The summed E-state index contributed by atoms with van der Waals surface area (Å²) in [4.78, 5) is 29.5. The van der Waals surface area contributed by atoms with E-state index in [0.29, 0.717) is 16.9 Å². The molecule has 0 spiro atoms. The van der Waals surface area contributed by atoms with E-state index in [2.05, 4.69) is 22.4 Å². The number of amides is 1. The van der Waals surface area contributed by atoms with Crippen LogP contribution in [0.5, 0.6) is 0 Å². The molecular weight excluding hydrogens is 484 g/mol. The monoisotopic (exact) mass is 516 g/mol. The van der Waals surface area contributed by atoms with Crippen molar-refractivity contribution in [1.29, 1.82) is 0 Å². The van der Waals surface area contributed by atoms with Gasteiger partial charge in [-0.1, -0.05) is 60.8 Å². The van der Waals surface area contributed by atoms with Gasteiger partial charge in [0.2, 0.25) is 5.91 Å². The molecule has 2 fully saturated rings. The van der Waals surface area contributed by atoms with Crippen LogP contribution in [-0.4, -0.2) is 22.0 Å². The summed E-state index contributed by atoms with van der Waals surface area (Å²) >= 11 is 6.13. The smallest absolute Gasteiger partial charge is 0.303 e. The largest absolute Gasteiger partial charge is 0.481 e. The van der Waals surface area contributed by atoms with Gasteiger partial charge in [0, 0.05) is 23.6 Å². The Morgan fingerprint density at radius 1 is 1.00 bits per heavy atom. The zero-order valence-corrected chi connectivity index (χ0v) is 21.9. The van der Waals surface area contributed by atoms with Crippen LogP contribution in [-0.2, 0) is 9.59 Å². The highest BCUT2D eigenvalue weighted by Crippen LogP contribution is 2.46. The first-order chi connectivity index (χ1) is 17.9. The third-order valence-corrected chi connectivity index (χ3v) is 8.29. The summed E-state index contributed by atoms with van der Waals surface area (Å²) < 4.78 is 0. The van der Waals surface area contributed by atoms with Gasteiger partial charge in [0.15, 0.2) is 0 Å². The first-order valence-electron chi connectivity index (χ1n) is 13.2. The van der Waals surface area contributed by atoms with Crippen LogP contribution in [0.3, 0.4) is 0 Å². The van der Waals surface area contributed by atoms with E-state index in [1.165, 1.54) is 0 Å². The lowest BCUT2D eigenvalue weighted by Gasteiger charge is -2.25. The predicted octanol–water partition coefficient (Wildman–Crippen LogP) is 7.59. The maximum absolute atomic E-state index is 13.8. The van der Waals surface area contributed by atoms with Crippen LogP contribution >= 0.6 is 11.6 Å². The van der Waals surface area contributed by atoms with Crippen LogP contribution in [0.2, 0.25) is 5.02 Å². The number of rotatable bonds is 9. The molecule has 2 aliphatic carbocycles. The summed E-state index contributed by atoms with van der Waals surface area (Å²) in [6.07, 6.45) is 10.0. The minimum atomic E-state index is -0.774. The molecule has 2 N–H and O–H groups in total. The van der Waals surface area contributed by atoms with Crippen molar-refractivity contribution in [2.24, 2.45) is 11.8 Å². The second-order valence-electron chi connectivity index (χ2n) is 10.6. The molecule has 2 aliphatic rings. The molecule has 1 amide bonds. The van der Waals surface area contributed by atoms with Crippen LogP contribution in [0.1, 0.15) is 73.5 Å². The molecule has 5 rings (SSSR count). The highest BCUT2D eigenvalue weighted by Gasteiger charge is 2.36. The Balaban J connectivity index is 1.40. The highest BCUT2D eigenvalue weighted by molar-refractivity contribution is 6.30. The van der Waals surface area contributed by atoms with Crippen molar-refractivity contribution >= 4 is 29.2 Å². The third kappa shape index (κ3) is 5.88. The van der Waals surface area contributed by atoms with E-state index in [1.807, 2.05) is 43.3 Å². The molecule has 2 aromatic carbocycles. The third-order valence-electron chi connectivity index (χ3n) is 8.08. The van der Waals surface area contributed by atoms with E-state index in [-0.39, 0.29) is 24.2 Å². The maximum atomic E-state index is 13.8. The summed E-state index contributed by atoms with van der Waals surface area (Å²) in [5.74, 6) is -0.299. The number of hydrogen-bond acceptors (Lipinski definition) is 3. The van der Waals surface area contributed by atoms with Gasteiger partial charge in [-0.05, 0) is 84.7 Å². The van der Waals surface area contributed by atoms with Gasteiger partial charge in [-0.3, -0.25) is 14.6 Å². The first kappa shape index (κ1) is 25.5. The molecule has 2 saturated carbocycles. The lowest BCUT2D eigenvalue weighted by atomic mass is 9.83. The SMILES string of the molecule is Cc1c(NC(=O)C(c2ccc(-c3cncc(Cl)c3)cc2)C2CCCC2)cccc1C(CC(=O)O)C1CC1. The molecule has 37 heavy (non-hydrogen) atoms. The lowest BCUT2D eigenvalue weighted by Crippen LogP contribution is -2.27. The number of nitrogens with one attached hydrogen (secondary N) is 1. The van der Waals surface area contributed by atoms with E-state index in [1.54, 1.807) is 12.4 Å². The lowest BCUT2D eigenvalue weighted by molar-refractivity contribution is -0.137. The molecule has 2 unspecified atom stereocenters. The zero-order valence-electron chi connectivity index (χ0n) is 21.1. The predicted molar refractivity (Wildman–Crippen MR) is 147 cm³/mol. The van der Waals surface area contributed by atoms with Gasteiger partial charge in [-0.15, -0.1) is 0 Å². The number of pyridine rings is 1. The van der Waals surface area contributed by atoms with Crippen molar-refractivity contribution < 1.29 is 14.7 Å². The Morgan fingerprint density at radius 3 is 2.38 bits per heavy atom. The number of benzene rings is 2. The minimum Gasteiger partial charge on any atom is -0.481 e. The topological polar surface area (TPSA) is 79.3 Å². The molecule has 0 aliphatic heterocycles. The number of anilines is 1. The van der Waals surface area contributed by atoms with Gasteiger partial charge in [-0.25, -0.2) is 0 Å². The van der Waals surface area contributed by atoms with Gasteiger partial charge in [-0.2, -0.15) is 0 Å². The summed E-state index contributed by atoms with van der Waals surface area (Å²) in [5, 5.41) is 13.3. The molecule has 6 heteroatoms. The molecule has 0 saturated heterocycles. The number of carboxylic acid groups (broad SMARTS) is 1. The summed E-state index contributed by atoms with van der Waals surface area (Å²) in [6.45, 7) is 2.00. The Bertz CT molecular complexity index is 1280. The van der Waals surface area contributed by atoms with E-state index < -0.39 is 5.97 Å². The van der Waals surface area contributed by atoms with E-state index in [4.69, 9.17) is 11.6 Å². The molecule has 2 atom stereocenters. The molecule has 5 nitrogen and oxygen atoms in total. The molecule has 1 aromatic heterocycles. The molecule has 3 aromatic rings. The number of aromatic nitrogens is 1. The van der Waals surface area contributed by atoms with Gasteiger partial charge >= 0.3 is 5.97 Å². The standard InChI is InChI=1S/C31H33ClN2O3/c1-19-26(27(16-29(35)36)21-11-12-21)7-4-8-28(19)34-31(37)30(22-5-2-3-6-22)23-13-9-20(10-14-23)24-15-25(32)18-33-17-24/h4,7-10,13-15,17-18,21-22,27,30H,2-3,5-6,11-12,16H2,1H3,(H,34,37)(H,35,36). The average Bonchev–Trinajstić information content (AvgIpc) is 3.59. The maximum Gasteiger partial charge on any atom is 0.303 e. The summed E-state index contributed by atoms with van der Waals surface area (Å²) in [5.41, 5.74) is 5.77. The second-order valence-corrected chi connectivity index (χ2v) is 11.0. The summed E-state index contributed by atoms with van der Waals surface area (Å²) in [7, 11) is 0. The number of carbonyl (C=O) groups excluding carboxylic acids is 1. The number of halogens is 1. The molecule has 192 valence electrons. The molecular formula is C31H33ClN2O3. The number of hydrogen-bond donors (Lipinski definition) is 2. The van der Waals surface area contributed by atoms with Crippen LogP contribution in [0, 0.1) is 18.8 Å². The van der Waals surface area contributed by atoms with Crippen molar-refractivity contribution in [3.8, 4) is 11.1 Å². The van der Waals surface area contributed by atoms with E-state index in [9.17, 15) is 14.7 Å². The van der Waals surface area contributed by atoms with Crippen molar-refractivity contribution in [3.05, 3.63) is 82.6 Å². The fraction of sp³-hybridized carbons (Fsp3) is 0.387. The van der Waals surface area contributed by atoms with Crippen LogP contribution < -0.4 is 5.32 Å². The van der Waals surface area contributed by atoms with Crippen molar-refractivity contribution in [3.63, 3.8) is 0 Å². The Labute approximate surface area is 223 Å². The number of carbonyl (C=O) groups is 2. The van der Waals surface area contributed by atoms with Gasteiger partial charge < -0.3 is 10.4 Å². The normalized spacial score (nSPS) is 17.4.